The molecule has 4 heteroatoms. The average molecular weight is 272 g/mol. The summed E-state index contributed by atoms with van der Waals surface area (Å²) in [7, 11) is 7.76. The third kappa shape index (κ3) is 2.73. The predicted octanol–water partition coefficient (Wildman–Crippen LogP) is 2.54. The number of benzene rings is 1. The average Bonchev–Trinajstić information content (AvgIpc) is 2.36. The van der Waals surface area contributed by atoms with E-state index in [1.54, 1.807) is 14.2 Å². The Hall–Kier alpha value is -0.930. The molecule has 102 valence electrons. The van der Waals surface area contributed by atoms with Gasteiger partial charge in [-0.2, -0.15) is 0 Å². The number of hydrogen-bond donors (Lipinski definition) is 0. The summed E-state index contributed by atoms with van der Waals surface area (Å²) < 4.78 is 10.9. The number of likely N-dealkylation sites (N-methyl/N-ethyl adjacent to an activating group) is 1. The molecule has 0 N–H and O–H groups in total. The first-order chi connectivity index (χ1) is 8.17. The van der Waals surface area contributed by atoms with Gasteiger partial charge in [0.15, 0.2) is 0 Å². The van der Waals surface area contributed by atoms with E-state index in [4.69, 9.17) is 9.47 Å². The molecule has 0 heterocycles. The van der Waals surface area contributed by atoms with E-state index in [1.807, 2.05) is 12.1 Å². The lowest BCUT2D eigenvalue weighted by Gasteiger charge is -2.31. The van der Waals surface area contributed by atoms with Crippen molar-refractivity contribution in [1.29, 1.82) is 0 Å². The predicted molar refractivity (Wildman–Crippen MR) is 76.3 cm³/mol. The summed E-state index contributed by atoms with van der Waals surface area (Å²) >= 11 is 0. The Bertz CT molecular complexity index is 407. The second-order valence-corrected chi connectivity index (χ2v) is 4.79. The summed E-state index contributed by atoms with van der Waals surface area (Å²) in [5.74, 6) is 1.99. The molecule has 0 saturated heterocycles. The van der Waals surface area contributed by atoms with E-state index in [0.717, 1.165) is 24.3 Å². The van der Waals surface area contributed by atoms with E-state index in [1.165, 1.54) is 17.5 Å². The molecule has 1 aromatic rings. The number of methoxy groups -OCH3 is 2. The molecule has 0 radical (unpaired) electrons. The third-order valence-corrected chi connectivity index (χ3v) is 3.68. The Morgan fingerprint density at radius 1 is 1.06 bits per heavy atom. The second-order valence-electron chi connectivity index (χ2n) is 4.79. The Labute approximate surface area is 115 Å². The Morgan fingerprint density at radius 3 is 2.11 bits per heavy atom. The van der Waals surface area contributed by atoms with Crippen molar-refractivity contribution in [2.75, 3.05) is 28.3 Å². The zero-order chi connectivity index (χ0) is 12.4. The van der Waals surface area contributed by atoms with Crippen molar-refractivity contribution in [1.82, 2.24) is 4.90 Å². The topological polar surface area (TPSA) is 21.7 Å². The SMILES string of the molecule is COc1ccc(OC)c2c1CCC(N(C)C)C2.Cl. The van der Waals surface area contributed by atoms with E-state index in [0.29, 0.717) is 6.04 Å². The zero-order valence-electron chi connectivity index (χ0n) is 11.5. The van der Waals surface area contributed by atoms with Gasteiger partial charge in [-0.05, 0) is 45.5 Å². The van der Waals surface area contributed by atoms with Crippen LogP contribution in [0, 0.1) is 0 Å². The Kier molecular flexibility index (Phi) is 5.29. The molecule has 0 amide bonds. The number of halogens is 1. The Morgan fingerprint density at radius 2 is 1.61 bits per heavy atom. The highest BCUT2D eigenvalue weighted by Crippen LogP contribution is 2.36. The summed E-state index contributed by atoms with van der Waals surface area (Å²) in [4.78, 5) is 2.29. The van der Waals surface area contributed by atoms with Crippen molar-refractivity contribution in [3.8, 4) is 11.5 Å². The van der Waals surface area contributed by atoms with Gasteiger partial charge in [-0.3, -0.25) is 0 Å². The molecular formula is C14H22ClNO2. The maximum absolute atomic E-state index is 5.47. The van der Waals surface area contributed by atoms with Crippen molar-refractivity contribution in [2.24, 2.45) is 0 Å². The quantitative estimate of drug-likeness (QED) is 0.843. The summed E-state index contributed by atoms with van der Waals surface area (Å²) in [6, 6.07) is 4.62. The minimum Gasteiger partial charge on any atom is -0.496 e. The number of ether oxygens (including phenoxy) is 2. The number of fused-ring (bicyclic) bond motifs is 1. The fraction of sp³-hybridized carbons (Fsp3) is 0.571. The smallest absolute Gasteiger partial charge is 0.122 e. The second kappa shape index (κ2) is 6.30. The summed E-state index contributed by atoms with van der Waals surface area (Å²) in [5.41, 5.74) is 2.64. The molecular weight excluding hydrogens is 250 g/mol. The molecule has 1 aliphatic carbocycles. The van der Waals surface area contributed by atoms with Gasteiger partial charge in [0.1, 0.15) is 11.5 Å². The first-order valence-electron chi connectivity index (χ1n) is 6.06. The zero-order valence-corrected chi connectivity index (χ0v) is 12.3. The number of nitrogens with zero attached hydrogens (tertiary/aromatic N) is 1. The van der Waals surface area contributed by atoms with Gasteiger partial charge in [0.2, 0.25) is 0 Å². The van der Waals surface area contributed by atoms with Crippen molar-refractivity contribution in [3.63, 3.8) is 0 Å². The Balaban J connectivity index is 0.00000162. The van der Waals surface area contributed by atoms with Crippen molar-refractivity contribution < 1.29 is 9.47 Å². The van der Waals surface area contributed by atoms with Gasteiger partial charge in [0.25, 0.3) is 0 Å². The van der Waals surface area contributed by atoms with E-state index < -0.39 is 0 Å². The maximum atomic E-state index is 5.47. The minimum atomic E-state index is 0. The maximum Gasteiger partial charge on any atom is 0.122 e. The van der Waals surface area contributed by atoms with Crippen LogP contribution in [-0.4, -0.2) is 39.3 Å². The highest BCUT2D eigenvalue weighted by atomic mass is 35.5. The number of hydrogen-bond acceptors (Lipinski definition) is 3. The molecule has 0 bridgehead atoms. The normalized spacial score (nSPS) is 17.9. The first kappa shape index (κ1) is 15.1. The third-order valence-electron chi connectivity index (χ3n) is 3.68. The van der Waals surface area contributed by atoms with Crippen LogP contribution in [0.1, 0.15) is 17.5 Å². The van der Waals surface area contributed by atoms with E-state index in [2.05, 4.69) is 19.0 Å². The van der Waals surface area contributed by atoms with Crippen LogP contribution in [0.25, 0.3) is 0 Å². The molecule has 0 aromatic heterocycles. The highest BCUT2D eigenvalue weighted by Gasteiger charge is 2.25. The van der Waals surface area contributed by atoms with Crippen LogP contribution in [0.15, 0.2) is 12.1 Å². The van der Waals surface area contributed by atoms with Gasteiger partial charge in [-0.25, -0.2) is 0 Å². The monoisotopic (exact) mass is 271 g/mol. The van der Waals surface area contributed by atoms with Crippen LogP contribution in [0.2, 0.25) is 0 Å². The van der Waals surface area contributed by atoms with Gasteiger partial charge in [-0.1, -0.05) is 0 Å². The standard InChI is InChI=1S/C14H21NO2.ClH/c1-15(2)10-5-6-11-12(9-10)14(17-4)8-7-13(11)16-3;/h7-8,10H,5-6,9H2,1-4H3;1H. The molecule has 1 aromatic carbocycles. The molecule has 1 unspecified atom stereocenters. The van der Waals surface area contributed by atoms with Gasteiger partial charge in [0.05, 0.1) is 14.2 Å². The lowest BCUT2D eigenvalue weighted by atomic mass is 9.86. The molecule has 0 aliphatic heterocycles. The molecule has 18 heavy (non-hydrogen) atoms. The molecule has 1 aliphatic rings. The highest BCUT2D eigenvalue weighted by molar-refractivity contribution is 5.85. The molecule has 0 spiro atoms. The van der Waals surface area contributed by atoms with E-state index in [-0.39, 0.29) is 12.4 Å². The minimum absolute atomic E-state index is 0. The van der Waals surface area contributed by atoms with Crippen molar-refractivity contribution >= 4 is 12.4 Å². The van der Waals surface area contributed by atoms with Crippen molar-refractivity contribution in [2.45, 2.75) is 25.3 Å². The lowest BCUT2D eigenvalue weighted by molar-refractivity contribution is 0.262. The van der Waals surface area contributed by atoms with Crippen LogP contribution < -0.4 is 9.47 Å². The molecule has 2 rings (SSSR count). The van der Waals surface area contributed by atoms with Gasteiger partial charge >= 0.3 is 0 Å². The largest absolute Gasteiger partial charge is 0.496 e. The lowest BCUT2D eigenvalue weighted by Crippen LogP contribution is -2.33. The molecule has 0 saturated carbocycles. The fourth-order valence-electron chi connectivity index (χ4n) is 2.62. The van der Waals surface area contributed by atoms with Gasteiger partial charge in [-0.15, -0.1) is 12.4 Å². The van der Waals surface area contributed by atoms with Crippen molar-refractivity contribution in [3.05, 3.63) is 23.3 Å². The van der Waals surface area contributed by atoms with Gasteiger partial charge < -0.3 is 14.4 Å². The molecule has 0 fully saturated rings. The molecule has 3 nitrogen and oxygen atoms in total. The van der Waals surface area contributed by atoms with Crippen LogP contribution in [-0.2, 0) is 12.8 Å². The first-order valence-corrected chi connectivity index (χ1v) is 6.06. The summed E-state index contributed by atoms with van der Waals surface area (Å²) in [6.07, 6.45) is 3.30. The number of rotatable bonds is 3. The summed E-state index contributed by atoms with van der Waals surface area (Å²) in [5, 5.41) is 0. The van der Waals surface area contributed by atoms with Crippen LogP contribution >= 0.6 is 12.4 Å². The fourth-order valence-corrected chi connectivity index (χ4v) is 2.62. The van der Waals surface area contributed by atoms with E-state index >= 15 is 0 Å². The van der Waals surface area contributed by atoms with Crippen LogP contribution in [0.5, 0.6) is 11.5 Å². The van der Waals surface area contributed by atoms with Gasteiger partial charge in [0, 0.05) is 17.2 Å². The summed E-state index contributed by atoms with van der Waals surface area (Å²) in [6.45, 7) is 0. The van der Waals surface area contributed by atoms with E-state index in [9.17, 15) is 0 Å². The molecule has 1 atom stereocenters. The van der Waals surface area contributed by atoms with Crippen LogP contribution in [0.3, 0.4) is 0 Å². The van der Waals surface area contributed by atoms with Crippen LogP contribution in [0.4, 0.5) is 0 Å².